The highest BCUT2D eigenvalue weighted by atomic mass is 32.1. The van der Waals surface area contributed by atoms with Crippen LogP contribution in [0.25, 0.3) is 0 Å². The van der Waals surface area contributed by atoms with Crippen molar-refractivity contribution in [3.8, 4) is 0 Å². The SMILES string of the molecule is C[C@H](CC(N)=O)CC(=S)NCCn1cncn1. The van der Waals surface area contributed by atoms with Gasteiger partial charge in [-0.05, 0) is 5.92 Å². The van der Waals surface area contributed by atoms with E-state index in [1.165, 1.54) is 6.33 Å². The zero-order valence-electron chi connectivity index (χ0n) is 9.80. The van der Waals surface area contributed by atoms with Gasteiger partial charge in [-0.25, -0.2) is 4.98 Å². The summed E-state index contributed by atoms with van der Waals surface area (Å²) in [6.07, 6.45) is 4.19. The molecule has 0 saturated heterocycles. The fourth-order valence-electron chi connectivity index (χ4n) is 1.46. The highest BCUT2D eigenvalue weighted by molar-refractivity contribution is 7.80. The Morgan fingerprint density at radius 2 is 2.35 bits per heavy atom. The third kappa shape index (κ3) is 5.96. The Morgan fingerprint density at radius 1 is 1.59 bits per heavy atom. The van der Waals surface area contributed by atoms with Gasteiger partial charge < -0.3 is 11.1 Å². The van der Waals surface area contributed by atoms with E-state index in [-0.39, 0.29) is 11.8 Å². The van der Waals surface area contributed by atoms with E-state index in [1.54, 1.807) is 11.0 Å². The molecule has 1 rings (SSSR count). The summed E-state index contributed by atoms with van der Waals surface area (Å²) >= 11 is 5.17. The molecule has 1 heterocycles. The van der Waals surface area contributed by atoms with Gasteiger partial charge in [0.05, 0.1) is 11.5 Å². The van der Waals surface area contributed by atoms with Crippen molar-refractivity contribution >= 4 is 23.1 Å². The number of amides is 1. The van der Waals surface area contributed by atoms with Crippen molar-refractivity contribution in [2.75, 3.05) is 6.54 Å². The Kier molecular flexibility index (Phi) is 5.55. The molecule has 0 spiro atoms. The zero-order chi connectivity index (χ0) is 12.7. The van der Waals surface area contributed by atoms with Crippen molar-refractivity contribution in [3.63, 3.8) is 0 Å². The Morgan fingerprint density at radius 3 is 2.94 bits per heavy atom. The summed E-state index contributed by atoms with van der Waals surface area (Å²) in [7, 11) is 0. The normalized spacial score (nSPS) is 12.1. The van der Waals surface area contributed by atoms with Crippen LogP contribution in [0.3, 0.4) is 0 Å². The average Bonchev–Trinajstić information content (AvgIpc) is 2.68. The first-order chi connectivity index (χ1) is 8.08. The molecule has 7 heteroatoms. The topological polar surface area (TPSA) is 85.8 Å². The number of primary amides is 1. The van der Waals surface area contributed by atoms with Crippen molar-refractivity contribution in [2.24, 2.45) is 11.7 Å². The Labute approximate surface area is 106 Å². The summed E-state index contributed by atoms with van der Waals surface area (Å²) in [5.74, 6) is -0.109. The first-order valence-electron chi connectivity index (χ1n) is 5.45. The highest BCUT2D eigenvalue weighted by Crippen LogP contribution is 2.06. The molecule has 0 radical (unpaired) electrons. The van der Waals surface area contributed by atoms with Crippen LogP contribution in [0.4, 0.5) is 0 Å². The van der Waals surface area contributed by atoms with Gasteiger partial charge in [0.25, 0.3) is 0 Å². The number of nitrogens with two attached hydrogens (primary N) is 1. The number of rotatable bonds is 7. The lowest BCUT2D eigenvalue weighted by Gasteiger charge is -2.12. The maximum absolute atomic E-state index is 10.7. The minimum atomic E-state index is -0.289. The van der Waals surface area contributed by atoms with Gasteiger partial charge >= 0.3 is 0 Å². The van der Waals surface area contributed by atoms with Crippen molar-refractivity contribution in [1.82, 2.24) is 20.1 Å². The molecule has 0 saturated carbocycles. The molecule has 0 aliphatic rings. The van der Waals surface area contributed by atoms with E-state index < -0.39 is 0 Å². The lowest BCUT2D eigenvalue weighted by atomic mass is 10.0. The summed E-state index contributed by atoms with van der Waals surface area (Å²) in [5.41, 5.74) is 5.11. The Hall–Kier alpha value is -1.50. The van der Waals surface area contributed by atoms with E-state index in [0.717, 1.165) is 4.99 Å². The lowest BCUT2D eigenvalue weighted by Crippen LogP contribution is -2.28. The van der Waals surface area contributed by atoms with Gasteiger partial charge in [-0.1, -0.05) is 19.1 Å². The lowest BCUT2D eigenvalue weighted by molar-refractivity contribution is -0.118. The molecule has 17 heavy (non-hydrogen) atoms. The number of thiocarbonyl (C=S) groups is 1. The van der Waals surface area contributed by atoms with E-state index in [1.807, 2.05) is 6.92 Å². The first-order valence-corrected chi connectivity index (χ1v) is 5.86. The van der Waals surface area contributed by atoms with Crippen LogP contribution in [0, 0.1) is 5.92 Å². The average molecular weight is 255 g/mol. The third-order valence-corrected chi connectivity index (χ3v) is 2.52. The second kappa shape index (κ2) is 6.95. The molecule has 1 amide bonds. The fourth-order valence-corrected chi connectivity index (χ4v) is 1.85. The van der Waals surface area contributed by atoms with E-state index in [9.17, 15) is 4.79 Å². The number of hydrogen-bond donors (Lipinski definition) is 2. The second-order valence-electron chi connectivity index (χ2n) is 3.99. The molecular weight excluding hydrogens is 238 g/mol. The van der Waals surface area contributed by atoms with Crippen LogP contribution in [-0.4, -0.2) is 32.2 Å². The minimum Gasteiger partial charge on any atom is -0.378 e. The first kappa shape index (κ1) is 13.6. The van der Waals surface area contributed by atoms with E-state index in [0.29, 0.717) is 25.9 Å². The molecule has 0 bridgehead atoms. The van der Waals surface area contributed by atoms with Crippen LogP contribution in [0.1, 0.15) is 19.8 Å². The molecule has 94 valence electrons. The Balaban J connectivity index is 2.14. The van der Waals surface area contributed by atoms with Gasteiger partial charge in [0.1, 0.15) is 12.7 Å². The summed E-state index contributed by atoms with van der Waals surface area (Å²) in [6.45, 7) is 3.37. The maximum atomic E-state index is 10.7. The predicted molar refractivity (Wildman–Crippen MR) is 68.2 cm³/mol. The number of aromatic nitrogens is 3. The van der Waals surface area contributed by atoms with E-state index in [2.05, 4.69) is 15.4 Å². The quantitative estimate of drug-likeness (QED) is 0.675. The van der Waals surface area contributed by atoms with Crippen molar-refractivity contribution in [2.45, 2.75) is 26.3 Å². The van der Waals surface area contributed by atoms with Crippen LogP contribution in [0.15, 0.2) is 12.7 Å². The minimum absolute atomic E-state index is 0.180. The number of nitrogens with zero attached hydrogens (tertiary/aromatic N) is 3. The Bertz CT molecular complexity index is 365. The van der Waals surface area contributed by atoms with Crippen LogP contribution >= 0.6 is 12.2 Å². The van der Waals surface area contributed by atoms with Crippen molar-refractivity contribution in [3.05, 3.63) is 12.7 Å². The number of carbonyl (C=O) groups is 1. The van der Waals surface area contributed by atoms with Crippen molar-refractivity contribution in [1.29, 1.82) is 0 Å². The highest BCUT2D eigenvalue weighted by Gasteiger charge is 2.08. The van der Waals surface area contributed by atoms with Gasteiger partial charge in [0, 0.05) is 19.4 Å². The molecule has 0 aromatic carbocycles. The second-order valence-corrected chi connectivity index (χ2v) is 4.48. The smallest absolute Gasteiger partial charge is 0.217 e. The van der Waals surface area contributed by atoms with Crippen LogP contribution in [-0.2, 0) is 11.3 Å². The molecule has 3 N–H and O–H groups in total. The molecule has 1 aromatic rings. The van der Waals surface area contributed by atoms with Gasteiger partial charge in [-0.15, -0.1) is 0 Å². The molecule has 0 unspecified atom stereocenters. The van der Waals surface area contributed by atoms with Crippen LogP contribution < -0.4 is 11.1 Å². The van der Waals surface area contributed by atoms with E-state index in [4.69, 9.17) is 18.0 Å². The van der Waals surface area contributed by atoms with Gasteiger partial charge in [0.2, 0.25) is 5.91 Å². The summed E-state index contributed by atoms with van der Waals surface area (Å²) < 4.78 is 1.72. The maximum Gasteiger partial charge on any atom is 0.217 e. The van der Waals surface area contributed by atoms with Crippen LogP contribution in [0.5, 0.6) is 0 Å². The van der Waals surface area contributed by atoms with Gasteiger partial charge in [-0.3, -0.25) is 9.48 Å². The van der Waals surface area contributed by atoms with Gasteiger partial charge in [-0.2, -0.15) is 5.10 Å². The van der Waals surface area contributed by atoms with Crippen LogP contribution in [0.2, 0.25) is 0 Å². The number of hydrogen-bond acceptors (Lipinski definition) is 4. The standard InChI is InChI=1S/C10H17N5OS/c1-8(4-9(11)16)5-10(17)13-2-3-15-7-12-6-14-15/h6-8H,2-5H2,1H3,(H2,11,16)(H,13,17)/t8-/m1/s1. The predicted octanol–water partition coefficient (Wildman–Crippen LogP) is 0.0967. The van der Waals surface area contributed by atoms with E-state index >= 15 is 0 Å². The zero-order valence-corrected chi connectivity index (χ0v) is 10.6. The summed E-state index contributed by atoms with van der Waals surface area (Å²) in [4.78, 5) is 15.3. The molecule has 0 aliphatic carbocycles. The third-order valence-electron chi connectivity index (χ3n) is 2.21. The fraction of sp³-hybridized carbons (Fsp3) is 0.600. The summed E-state index contributed by atoms with van der Waals surface area (Å²) in [5, 5.41) is 7.09. The largest absolute Gasteiger partial charge is 0.378 e. The molecule has 1 aromatic heterocycles. The number of nitrogens with one attached hydrogen (secondary N) is 1. The number of carbonyl (C=O) groups excluding carboxylic acids is 1. The molecule has 6 nitrogen and oxygen atoms in total. The molecule has 1 atom stereocenters. The molecule has 0 aliphatic heterocycles. The molecule has 0 fully saturated rings. The van der Waals surface area contributed by atoms with Crippen molar-refractivity contribution < 1.29 is 4.79 Å². The molecular formula is C10H17N5OS. The summed E-state index contributed by atoms with van der Waals surface area (Å²) in [6, 6.07) is 0. The monoisotopic (exact) mass is 255 g/mol. The van der Waals surface area contributed by atoms with Gasteiger partial charge in [0.15, 0.2) is 0 Å².